The lowest BCUT2D eigenvalue weighted by Gasteiger charge is -2.18. The van der Waals surface area contributed by atoms with Gasteiger partial charge >= 0.3 is 0 Å². The van der Waals surface area contributed by atoms with Crippen LogP contribution in [0.15, 0.2) is 16.6 Å². The molecule has 0 radical (unpaired) electrons. The van der Waals surface area contributed by atoms with E-state index in [4.69, 9.17) is 15.2 Å². The van der Waals surface area contributed by atoms with Crippen LogP contribution in [0.25, 0.3) is 0 Å². The van der Waals surface area contributed by atoms with Crippen LogP contribution in [0.3, 0.4) is 0 Å². The van der Waals surface area contributed by atoms with Gasteiger partial charge in [0.1, 0.15) is 5.75 Å². The molecule has 2 atom stereocenters. The van der Waals surface area contributed by atoms with E-state index >= 15 is 0 Å². The molecule has 3 nitrogen and oxygen atoms in total. The predicted molar refractivity (Wildman–Crippen MR) is 82.9 cm³/mol. The van der Waals surface area contributed by atoms with Crippen LogP contribution in [0.5, 0.6) is 5.75 Å². The summed E-state index contributed by atoms with van der Waals surface area (Å²) in [5.74, 6) is 2.33. The average molecular weight is 340 g/mol. The highest BCUT2D eigenvalue weighted by molar-refractivity contribution is 9.10. The molecule has 3 rings (SSSR count). The van der Waals surface area contributed by atoms with E-state index in [-0.39, 0.29) is 0 Å². The first-order chi connectivity index (χ1) is 9.78. The average Bonchev–Trinajstić information content (AvgIpc) is 3.06. The van der Waals surface area contributed by atoms with Gasteiger partial charge in [-0.05, 0) is 48.9 Å². The number of hydrogen-bond acceptors (Lipinski definition) is 3. The quantitative estimate of drug-likeness (QED) is 0.895. The summed E-state index contributed by atoms with van der Waals surface area (Å²) < 4.78 is 12.8. The maximum Gasteiger partial charge on any atom is 0.128 e. The van der Waals surface area contributed by atoms with E-state index in [9.17, 15) is 0 Å². The lowest BCUT2D eigenvalue weighted by Crippen LogP contribution is -2.22. The number of ether oxygens (including phenoxy) is 2. The monoisotopic (exact) mass is 339 g/mol. The molecule has 0 spiro atoms. The Hall–Kier alpha value is -0.580. The van der Waals surface area contributed by atoms with E-state index in [0.29, 0.717) is 18.4 Å². The Balaban J connectivity index is 1.59. The third-order valence-electron chi connectivity index (χ3n) is 4.53. The highest BCUT2D eigenvalue weighted by atomic mass is 79.9. The molecule has 0 amide bonds. The first kappa shape index (κ1) is 14.4. The third kappa shape index (κ3) is 3.02. The minimum atomic E-state index is 0.634. The van der Waals surface area contributed by atoms with Crippen molar-refractivity contribution in [2.24, 2.45) is 17.6 Å². The zero-order valence-corrected chi connectivity index (χ0v) is 13.3. The molecular weight excluding hydrogens is 318 g/mol. The van der Waals surface area contributed by atoms with Crippen LogP contribution in [0.4, 0.5) is 0 Å². The van der Waals surface area contributed by atoms with Gasteiger partial charge in [0.05, 0.1) is 19.8 Å². The fraction of sp³-hybridized carbons (Fsp3) is 0.625. The van der Waals surface area contributed by atoms with Crippen molar-refractivity contribution < 1.29 is 9.47 Å². The topological polar surface area (TPSA) is 44.5 Å². The fourth-order valence-corrected chi connectivity index (χ4v) is 3.97. The molecule has 2 unspecified atom stereocenters. The lowest BCUT2D eigenvalue weighted by atomic mass is 9.97. The number of halogens is 1. The Labute approximate surface area is 129 Å². The van der Waals surface area contributed by atoms with E-state index in [2.05, 4.69) is 28.1 Å². The number of hydrogen-bond donors (Lipinski definition) is 1. The molecule has 0 saturated heterocycles. The summed E-state index contributed by atoms with van der Waals surface area (Å²) in [4.78, 5) is 0. The van der Waals surface area contributed by atoms with Crippen molar-refractivity contribution in [1.82, 2.24) is 0 Å². The Bertz CT molecular complexity index is 478. The Morgan fingerprint density at radius 1 is 1.30 bits per heavy atom. The van der Waals surface area contributed by atoms with Gasteiger partial charge in [-0.3, -0.25) is 0 Å². The molecule has 0 bridgehead atoms. The van der Waals surface area contributed by atoms with Crippen LogP contribution in [-0.2, 0) is 17.8 Å². The van der Waals surface area contributed by atoms with Crippen molar-refractivity contribution in [3.63, 3.8) is 0 Å². The van der Waals surface area contributed by atoms with Crippen molar-refractivity contribution in [1.29, 1.82) is 0 Å². The van der Waals surface area contributed by atoms with E-state index < -0.39 is 0 Å². The number of nitrogens with two attached hydrogens (primary N) is 1. The van der Waals surface area contributed by atoms with Gasteiger partial charge in [-0.15, -0.1) is 0 Å². The van der Waals surface area contributed by atoms with Gasteiger partial charge in [0, 0.05) is 16.5 Å². The van der Waals surface area contributed by atoms with Gasteiger partial charge < -0.3 is 15.2 Å². The van der Waals surface area contributed by atoms with Gasteiger partial charge in [-0.25, -0.2) is 0 Å². The molecule has 1 aromatic rings. The second-order valence-corrected chi connectivity index (χ2v) is 6.77. The maximum absolute atomic E-state index is 5.96. The van der Waals surface area contributed by atoms with Gasteiger partial charge in [0.2, 0.25) is 0 Å². The number of benzene rings is 1. The maximum atomic E-state index is 5.96. The van der Waals surface area contributed by atoms with Gasteiger partial charge in [0.15, 0.2) is 0 Å². The van der Waals surface area contributed by atoms with Crippen LogP contribution < -0.4 is 10.5 Å². The van der Waals surface area contributed by atoms with Crippen molar-refractivity contribution >= 4 is 15.9 Å². The molecular formula is C16H22BrNO2. The Morgan fingerprint density at radius 2 is 2.15 bits per heavy atom. The number of rotatable bonds is 5. The molecule has 1 aliphatic carbocycles. The van der Waals surface area contributed by atoms with Crippen molar-refractivity contribution in [2.75, 3.05) is 19.8 Å². The lowest BCUT2D eigenvalue weighted by molar-refractivity contribution is 0.0740. The molecule has 1 heterocycles. The zero-order chi connectivity index (χ0) is 13.9. The summed E-state index contributed by atoms with van der Waals surface area (Å²) in [5.41, 5.74) is 8.27. The van der Waals surface area contributed by atoms with Crippen molar-refractivity contribution in [3.8, 4) is 5.75 Å². The van der Waals surface area contributed by atoms with Crippen LogP contribution in [-0.4, -0.2) is 19.8 Å². The zero-order valence-electron chi connectivity index (χ0n) is 11.7. The number of fused-ring (bicyclic) bond motifs is 1. The van der Waals surface area contributed by atoms with Crippen molar-refractivity contribution in [2.45, 2.75) is 32.3 Å². The molecule has 1 fully saturated rings. The second kappa shape index (κ2) is 6.46. The smallest absolute Gasteiger partial charge is 0.128 e. The molecule has 0 aromatic heterocycles. The third-order valence-corrected chi connectivity index (χ3v) is 4.99. The minimum absolute atomic E-state index is 0.634. The summed E-state index contributed by atoms with van der Waals surface area (Å²) in [5, 5.41) is 0. The van der Waals surface area contributed by atoms with Gasteiger partial charge in [0.25, 0.3) is 0 Å². The first-order valence-electron chi connectivity index (χ1n) is 7.50. The van der Waals surface area contributed by atoms with Crippen LogP contribution in [0.2, 0.25) is 0 Å². The highest BCUT2D eigenvalue weighted by Gasteiger charge is 2.26. The molecule has 20 heavy (non-hydrogen) atoms. The summed E-state index contributed by atoms with van der Waals surface area (Å²) >= 11 is 3.57. The minimum Gasteiger partial charge on any atom is -0.493 e. The largest absolute Gasteiger partial charge is 0.493 e. The molecule has 4 heteroatoms. The fourth-order valence-electron chi connectivity index (χ4n) is 3.42. The van der Waals surface area contributed by atoms with E-state index in [1.165, 1.54) is 24.8 Å². The Kier molecular flexibility index (Phi) is 4.64. The predicted octanol–water partition coefficient (Wildman–Crippen LogP) is 3.28. The van der Waals surface area contributed by atoms with E-state index in [0.717, 1.165) is 42.0 Å². The molecule has 1 aromatic carbocycles. The highest BCUT2D eigenvalue weighted by Crippen LogP contribution is 2.34. The summed E-state index contributed by atoms with van der Waals surface area (Å²) in [6.07, 6.45) is 4.82. The SMILES string of the molecule is NCC1CCCC1COCc1cc(Br)cc2c1OCC2. The molecule has 2 N–H and O–H groups in total. The van der Waals surface area contributed by atoms with Gasteiger partial charge in [-0.2, -0.15) is 0 Å². The summed E-state index contributed by atoms with van der Waals surface area (Å²) in [7, 11) is 0. The summed E-state index contributed by atoms with van der Waals surface area (Å²) in [6, 6.07) is 4.26. The molecule has 1 aliphatic heterocycles. The second-order valence-electron chi connectivity index (χ2n) is 5.85. The molecule has 110 valence electrons. The molecule has 2 aliphatic rings. The van der Waals surface area contributed by atoms with Crippen LogP contribution >= 0.6 is 15.9 Å². The van der Waals surface area contributed by atoms with Crippen LogP contribution in [0.1, 0.15) is 30.4 Å². The van der Waals surface area contributed by atoms with Gasteiger partial charge in [-0.1, -0.05) is 22.4 Å². The standard InChI is InChI=1S/C16H22BrNO2/c17-15-6-11-4-5-20-16(11)14(7-15)10-19-9-13-3-1-2-12(13)8-18/h6-7,12-13H,1-5,8-10,18H2. The Morgan fingerprint density at radius 3 is 3.00 bits per heavy atom. The van der Waals surface area contributed by atoms with E-state index in [1.807, 2.05) is 0 Å². The first-order valence-corrected chi connectivity index (χ1v) is 8.29. The van der Waals surface area contributed by atoms with Crippen molar-refractivity contribution in [3.05, 3.63) is 27.7 Å². The normalized spacial score (nSPS) is 24.7. The summed E-state index contributed by atoms with van der Waals surface area (Å²) in [6.45, 7) is 3.04. The van der Waals surface area contributed by atoms with Crippen LogP contribution in [0, 0.1) is 11.8 Å². The molecule has 1 saturated carbocycles. The van der Waals surface area contributed by atoms with E-state index in [1.54, 1.807) is 0 Å².